The molecule has 0 spiro atoms. The van der Waals surface area contributed by atoms with Gasteiger partial charge >= 0.3 is 0 Å². The number of nitrogens with zero attached hydrogens (tertiary/aromatic N) is 3. The minimum atomic E-state index is -0.598. The highest BCUT2D eigenvalue weighted by atomic mass is 16.3. The molecule has 2 aromatic carbocycles. The van der Waals surface area contributed by atoms with Crippen molar-refractivity contribution in [2.45, 2.75) is 12.5 Å². The number of amides is 1. The van der Waals surface area contributed by atoms with E-state index in [2.05, 4.69) is 11.0 Å². The number of carbonyl (C=O) groups excluding carboxylic acids is 1. The SMILES string of the molecule is N#Cc1ccc(C(O)CN2CCCN(C(=O)c3ccccc3)CC2)cc1. The van der Waals surface area contributed by atoms with Crippen LogP contribution in [0, 0.1) is 11.3 Å². The molecule has 1 aliphatic heterocycles. The molecule has 1 heterocycles. The van der Waals surface area contributed by atoms with E-state index in [4.69, 9.17) is 5.26 Å². The standard InChI is InChI=1S/C21H23N3O2/c22-15-17-7-9-18(10-8-17)20(25)16-23-11-4-12-24(14-13-23)21(26)19-5-2-1-3-6-19/h1-3,5-10,20,25H,4,11-14,16H2. The summed E-state index contributed by atoms with van der Waals surface area (Å²) in [6.07, 6.45) is 0.290. The van der Waals surface area contributed by atoms with Gasteiger partial charge in [0.1, 0.15) is 0 Å². The average Bonchev–Trinajstić information content (AvgIpc) is 2.93. The van der Waals surface area contributed by atoms with Crippen molar-refractivity contribution >= 4 is 5.91 Å². The van der Waals surface area contributed by atoms with E-state index in [0.29, 0.717) is 18.7 Å². The van der Waals surface area contributed by atoms with Gasteiger partial charge in [0, 0.05) is 38.3 Å². The van der Waals surface area contributed by atoms with Crippen LogP contribution in [0.1, 0.15) is 34.0 Å². The van der Waals surface area contributed by atoms with Gasteiger partial charge in [0.15, 0.2) is 0 Å². The number of aliphatic hydroxyl groups excluding tert-OH is 1. The fourth-order valence-electron chi connectivity index (χ4n) is 3.25. The summed E-state index contributed by atoms with van der Waals surface area (Å²) < 4.78 is 0. The molecule has 0 bridgehead atoms. The number of nitriles is 1. The summed E-state index contributed by atoms with van der Waals surface area (Å²) in [6.45, 7) is 3.52. The Balaban J connectivity index is 1.56. The Bertz CT molecular complexity index is 768. The lowest BCUT2D eigenvalue weighted by Crippen LogP contribution is -2.36. The first kappa shape index (κ1) is 18.1. The van der Waals surface area contributed by atoms with E-state index < -0.39 is 6.10 Å². The number of benzene rings is 2. The van der Waals surface area contributed by atoms with Crippen LogP contribution in [0.5, 0.6) is 0 Å². The maximum Gasteiger partial charge on any atom is 0.253 e. The van der Waals surface area contributed by atoms with Gasteiger partial charge in [-0.3, -0.25) is 9.69 Å². The average molecular weight is 349 g/mol. The summed E-state index contributed by atoms with van der Waals surface area (Å²) in [5.41, 5.74) is 2.12. The topological polar surface area (TPSA) is 67.6 Å². The lowest BCUT2D eigenvalue weighted by Gasteiger charge is -2.24. The van der Waals surface area contributed by atoms with E-state index in [1.807, 2.05) is 35.2 Å². The van der Waals surface area contributed by atoms with Crippen molar-refractivity contribution in [3.63, 3.8) is 0 Å². The van der Waals surface area contributed by atoms with E-state index in [0.717, 1.165) is 37.2 Å². The van der Waals surface area contributed by atoms with E-state index in [9.17, 15) is 9.90 Å². The van der Waals surface area contributed by atoms with Gasteiger partial charge in [-0.05, 0) is 36.2 Å². The minimum absolute atomic E-state index is 0.0695. The maximum atomic E-state index is 12.6. The molecule has 3 rings (SSSR count). The zero-order valence-corrected chi connectivity index (χ0v) is 14.7. The molecule has 1 fully saturated rings. The molecule has 5 heteroatoms. The highest BCUT2D eigenvalue weighted by Gasteiger charge is 2.21. The molecule has 0 aliphatic carbocycles. The molecule has 5 nitrogen and oxygen atoms in total. The predicted octanol–water partition coefficient (Wildman–Crippen LogP) is 2.44. The van der Waals surface area contributed by atoms with Crippen LogP contribution < -0.4 is 0 Å². The second-order valence-corrected chi connectivity index (χ2v) is 6.56. The van der Waals surface area contributed by atoms with Crippen molar-refractivity contribution in [3.05, 3.63) is 71.3 Å². The van der Waals surface area contributed by atoms with E-state index >= 15 is 0 Å². The van der Waals surface area contributed by atoms with Crippen LogP contribution >= 0.6 is 0 Å². The fourth-order valence-corrected chi connectivity index (χ4v) is 3.25. The smallest absolute Gasteiger partial charge is 0.253 e. The van der Waals surface area contributed by atoms with Crippen LogP contribution in [0.15, 0.2) is 54.6 Å². The molecular weight excluding hydrogens is 326 g/mol. The van der Waals surface area contributed by atoms with Gasteiger partial charge in [0.05, 0.1) is 17.7 Å². The molecular formula is C21H23N3O2. The number of aliphatic hydroxyl groups is 1. The molecule has 1 aliphatic rings. The van der Waals surface area contributed by atoms with E-state index in [1.54, 1.807) is 24.3 Å². The Morgan fingerprint density at radius 2 is 1.77 bits per heavy atom. The Kier molecular flexibility index (Phi) is 6.00. The van der Waals surface area contributed by atoms with Crippen molar-refractivity contribution in [1.29, 1.82) is 5.26 Å². The highest BCUT2D eigenvalue weighted by molar-refractivity contribution is 5.94. The Hall–Kier alpha value is -2.68. The first-order valence-electron chi connectivity index (χ1n) is 8.92. The third-order valence-corrected chi connectivity index (χ3v) is 4.75. The first-order chi connectivity index (χ1) is 12.7. The number of hydrogen-bond donors (Lipinski definition) is 1. The van der Waals surface area contributed by atoms with Crippen molar-refractivity contribution in [1.82, 2.24) is 9.80 Å². The van der Waals surface area contributed by atoms with Crippen LogP contribution in [0.2, 0.25) is 0 Å². The summed E-state index contributed by atoms with van der Waals surface area (Å²) in [6, 6.07) is 18.5. The van der Waals surface area contributed by atoms with Gasteiger partial charge in [0.25, 0.3) is 5.91 Å². The first-order valence-corrected chi connectivity index (χ1v) is 8.92. The quantitative estimate of drug-likeness (QED) is 0.921. The van der Waals surface area contributed by atoms with Gasteiger partial charge in [-0.2, -0.15) is 5.26 Å². The van der Waals surface area contributed by atoms with Crippen LogP contribution in [0.25, 0.3) is 0 Å². The summed E-state index contributed by atoms with van der Waals surface area (Å²) in [4.78, 5) is 16.7. The fraction of sp³-hybridized carbons (Fsp3) is 0.333. The van der Waals surface area contributed by atoms with Crippen molar-refractivity contribution < 1.29 is 9.90 Å². The van der Waals surface area contributed by atoms with E-state index in [1.165, 1.54) is 0 Å². The second-order valence-electron chi connectivity index (χ2n) is 6.56. The zero-order valence-electron chi connectivity index (χ0n) is 14.7. The third-order valence-electron chi connectivity index (χ3n) is 4.75. The number of β-amino-alcohol motifs (C(OH)–C–C–N with tert-alkyl or cyclic N) is 1. The molecule has 26 heavy (non-hydrogen) atoms. The van der Waals surface area contributed by atoms with Crippen LogP contribution in [-0.2, 0) is 0 Å². The molecule has 2 aromatic rings. The molecule has 0 radical (unpaired) electrons. The lowest BCUT2D eigenvalue weighted by atomic mass is 10.1. The maximum absolute atomic E-state index is 12.6. The van der Waals surface area contributed by atoms with Crippen LogP contribution in [0.4, 0.5) is 0 Å². The van der Waals surface area contributed by atoms with Gasteiger partial charge < -0.3 is 10.0 Å². The zero-order chi connectivity index (χ0) is 18.4. The molecule has 1 atom stereocenters. The molecule has 1 saturated heterocycles. The van der Waals surface area contributed by atoms with Crippen molar-refractivity contribution in [2.24, 2.45) is 0 Å². The van der Waals surface area contributed by atoms with Crippen LogP contribution in [-0.4, -0.2) is 53.5 Å². The lowest BCUT2D eigenvalue weighted by molar-refractivity contribution is 0.0754. The number of carbonyl (C=O) groups is 1. The number of rotatable bonds is 4. The third kappa shape index (κ3) is 4.48. The predicted molar refractivity (Wildman–Crippen MR) is 99.5 cm³/mol. The second kappa shape index (κ2) is 8.61. The summed E-state index contributed by atoms with van der Waals surface area (Å²) in [7, 11) is 0. The Labute approximate surface area is 154 Å². The molecule has 134 valence electrons. The highest BCUT2D eigenvalue weighted by Crippen LogP contribution is 2.17. The minimum Gasteiger partial charge on any atom is -0.387 e. The molecule has 1 amide bonds. The molecule has 0 saturated carbocycles. The van der Waals surface area contributed by atoms with E-state index in [-0.39, 0.29) is 5.91 Å². The Morgan fingerprint density at radius 3 is 2.46 bits per heavy atom. The Morgan fingerprint density at radius 1 is 1.04 bits per heavy atom. The molecule has 1 unspecified atom stereocenters. The van der Waals surface area contributed by atoms with Crippen LogP contribution in [0.3, 0.4) is 0 Å². The monoisotopic (exact) mass is 349 g/mol. The summed E-state index contributed by atoms with van der Waals surface area (Å²) >= 11 is 0. The van der Waals surface area contributed by atoms with Gasteiger partial charge in [-0.1, -0.05) is 30.3 Å². The van der Waals surface area contributed by atoms with Crippen molar-refractivity contribution in [2.75, 3.05) is 32.7 Å². The van der Waals surface area contributed by atoms with Gasteiger partial charge in [-0.25, -0.2) is 0 Å². The number of hydrogen-bond acceptors (Lipinski definition) is 4. The molecule has 1 N–H and O–H groups in total. The summed E-state index contributed by atoms with van der Waals surface area (Å²) in [5, 5.41) is 19.3. The summed E-state index contributed by atoms with van der Waals surface area (Å²) in [5.74, 6) is 0.0695. The largest absolute Gasteiger partial charge is 0.387 e. The molecule has 0 aromatic heterocycles. The van der Waals surface area contributed by atoms with Gasteiger partial charge in [-0.15, -0.1) is 0 Å². The normalized spacial score (nSPS) is 16.5. The van der Waals surface area contributed by atoms with Gasteiger partial charge in [0.2, 0.25) is 0 Å². The van der Waals surface area contributed by atoms with Crippen molar-refractivity contribution in [3.8, 4) is 6.07 Å².